The first-order valence-corrected chi connectivity index (χ1v) is 11.1. The number of ether oxygens (including phenoxy) is 1. The molecule has 1 aliphatic rings. The van der Waals surface area contributed by atoms with Crippen LogP contribution in [0.4, 0.5) is 5.82 Å². The van der Waals surface area contributed by atoms with Crippen molar-refractivity contribution in [3.05, 3.63) is 23.9 Å². The van der Waals surface area contributed by atoms with Gasteiger partial charge < -0.3 is 25.2 Å². The van der Waals surface area contributed by atoms with Gasteiger partial charge in [0, 0.05) is 59.1 Å². The molecular weight excluding hydrogens is 491 g/mol. The van der Waals surface area contributed by atoms with Gasteiger partial charge in [-0.05, 0) is 43.5 Å². The standard InChI is InChI=1S/C22H40N6O.HI/c1-6-27-12-14-28(15-13-27)21-16-19(8-10-24-21)17-26-22(23-5)25-11-9-20(18(3)4)29-7-2;/h8,10,16,18,20H,6-7,9,11-15,17H2,1-5H3,(H2,23,25,26);1H. The molecule has 0 aliphatic carbocycles. The van der Waals surface area contributed by atoms with E-state index in [2.05, 4.69) is 70.2 Å². The summed E-state index contributed by atoms with van der Waals surface area (Å²) in [6, 6.07) is 4.25. The predicted octanol–water partition coefficient (Wildman–Crippen LogP) is 2.96. The van der Waals surface area contributed by atoms with Crippen molar-refractivity contribution >= 4 is 35.8 Å². The zero-order chi connectivity index (χ0) is 21.1. The van der Waals surface area contributed by atoms with Gasteiger partial charge in [-0.2, -0.15) is 0 Å². The van der Waals surface area contributed by atoms with Gasteiger partial charge in [-0.15, -0.1) is 24.0 Å². The Hall–Kier alpha value is -1.13. The van der Waals surface area contributed by atoms with Gasteiger partial charge in [0.05, 0.1) is 6.10 Å². The van der Waals surface area contributed by atoms with Crippen molar-refractivity contribution in [3.63, 3.8) is 0 Å². The third-order valence-corrected chi connectivity index (χ3v) is 5.48. The highest BCUT2D eigenvalue weighted by molar-refractivity contribution is 14.0. The minimum Gasteiger partial charge on any atom is -0.378 e. The topological polar surface area (TPSA) is 65.0 Å². The van der Waals surface area contributed by atoms with Crippen molar-refractivity contribution in [2.75, 3.05) is 57.8 Å². The molecule has 7 nitrogen and oxygen atoms in total. The van der Waals surface area contributed by atoms with Gasteiger partial charge >= 0.3 is 0 Å². The van der Waals surface area contributed by atoms with E-state index < -0.39 is 0 Å². The van der Waals surface area contributed by atoms with E-state index in [1.807, 2.05) is 13.2 Å². The molecule has 1 unspecified atom stereocenters. The Kier molecular flexibility index (Phi) is 13.3. The molecule has 30 heavy (non-hydrogen) atoms. The van der Waals surface area contributed by atoms with E-state index in [9.17, 15) is 0 Å². The number of piperazine rings is 1. The van der Waals surface area contributed by atoms with E-state index in [0.29, 0.717) is 5.92 Å². The van der Waals surface area contributed by atoms with Crippen LogP contribution in [0.25, 0.3) is 0 Å². The summed E-state index contributed by atoms with van der Waals surface area (Å²) in [5.74, 6) is 2.40. The predicted molar refractivity (Wildman–Crippen MR) is 137 cm³/mol. The minimum absolute atomic E-state index is 0. The highest BCUT2D eigenvalue weighted by Gasteiger charge is 2.17. The van der Waals surface area contributed by atoms with Gasteiger partial charge in [-0.25, -0.2) is 4.98 Å². The number of aliphatic imine (C=N–C) groups is 1. The number of hydrogen-bond acceptors (Lipinski definition) is 5. The summed E-state index contributed by atoms with van der Waals surface area (Å²) in [5, 5.41) is 6.81. The van der Waals surface area contributed by atoms with E-state index in [4.69, 9.17) is 4.74 Å². The van der Waals surface area contributed by atoms with Crippen LogP contribution in [-0.4, -0.2) is 74.9 Å². The molecule has 172 valence electrons. The van der Waals surface area contributed by atoms with Crippen molar-refractivity contribution in [1.29, 1.82) is 0 Å². The van der Waals surface area contributed by atoms with Gasteiger partial charge in [-0.1, -0.05) is 20.8 Å². The summed E-state index contributed by atoms with van der Waals surface area (Å²) in [6.45, 7) is 16.4. The van der Waals surface area contributed by atoms with Crippen LogP contribution < -0.4 is 15.5 Å². The van der Waals surface area contributed by atoms with E-state index in [-0.39, 0.29) is 30.1 Å². The van der Waals surface area contributed by atoms with Crippen LogP contribution in [-0.2, 0) is 11.3 Å². The first-order chi connectivity index (χ1) is 14.1. The van der Waals surface area contributed by atoms with E-state index in [1.165, 1.54) is 5.56 Å². The zero-order valence-corrected chi connectivity index (χ0v) is 21.7. The second-order valence-electron chi connectivity index (χ2n) is 7.82. The molecule has 1 aromatic heterocycles. The lowest BCUT2D eigenvalue weighted by Crippen LogP contribution is -2.46. The van der Waals surface area contributed by atoms with Crippen LogP contribution in [0.5, 0.6) is 0 Å². The van der Waals surface area contributed by atoms with Gasteiger partial charge in [0.2, 0.25) is 0 Å². The number of anilines is 1. The number of nitrogens with zero attached hydrogens (tertiary/aromatic N) is 4. The van der Waals surface area contributed by atoms with Crippen molar-refractivity contribution < 1.29 is 4.74 Å². The van der Waals surface area contributed by atoms with Gasteiger partial charge in [-0.3, -0.25) is 4.99 Å². The van der Waals surface area contributed by atoms with Crippen LogP contribution >= 0.6 is 24.0 Å². The Morgan fingerprint density at radius 1 is 1.20 bits per heavy atom. The maximum absolute atomic E-state index is 5.82. The Morgan fingerprint density at radius 3 is 2.53 bits per heavy atom. The van der Waals surface area contributed by atoms with Crippen molar-refractivity contribution in [2.45, 2.75) is 46.8 Å². The number of aromatic nitrogens is 1. The molecule has 2 rings (SSSR count). The number of nitrogens with one attached hydrogen (secondary N) is 2. The molecular formula is C22H41IN6O. The number of pyridine rings is 1. The zero-order valence-electron chi connectivity index (χ0n) is 19.4. The highest BCUT2D eigenvalue weighted by atomic mass is 127. The second kappa shape index (κ2) is 14.8. The largest absolute Gasteiger partial charge is 0.378 e. The summed E-state index contributed by atoms with van der Waals surface area (Å²) < 4.78 is 5.82. The molecule has 2 N–H and O–H groups in total. The Labute approximate surface area is 200 Å². The van der Waals surface area contributed by atoms with E-state index >= 15 is 0 Å². The molecule has 0 spiro atoms. The van der Waals surface area contributed by atoms with Crippen molar-refractivity contribution in [1.82, 2.24) is 20.5 Å². The molecule has 1 atom stereocenters. The molecule has 1 fully saturated rings. The maximum atomic E-state index is 5.82. The lowest BCUT2D eigenvalue weighted by molar-refractivity contribution is 0.0258. The van der Waals surface area contributed by atoms with Crippen molar-refractivity contribution in [2.24, 2.45) is 10.9 Å². The molecule has 1 saturated heterocycles. The Bertz CT molecular complexity index is 619. The molecule has 2 heterocycles. The average Bonchev–Trinajstić information content (AvgIpc) is 2.75. The molecule has 0 radical (unpaired) electrons. The summed E-state index contributed by atoms with van der Waals surface area (Å²) in [7, 11) is 1.81. The number of likely N-dealkylation sites (N-methyl/N-ethyl adjacent to an activating group) is 1. The SMILES string of the molecule is CCOC(CCNC(=NC)NCc1ccnc(N2CCN(CC)CC2)c1)C(C)C.I. The van der Waals surface area contributed by atoms with Crippen LogP contribution in [0.3, 0.4) is 0 Å². The molecule has 1 aromatic rings. The first-order valence-electron chi connectivity index (χ1n) is 11.1. The molecule has 0 bridgehead atoms. The van der Waals surface area contributed by atoms with Crippen LogP contribution in [0, 0.1) is 5.92 Å². The monoisotopic (exact) mass is 532 g/mol. The molecule has 1 aliphatic heterocycles. The summed E-state index contributed by atoms with van der Waals surface area (Å²) in [5.41, 5.74) is 1.21. The van der Waals surface area contributed by atoms with E-state index in [1.54, 1.807) is 0 Å². The second-order valence-corrected chi connectivity index (χ2v) is 7.82. The van der Waals surface area contributed by atoms with Gasteiger partial charge in [0.15, 0.2) is 5.96 Å². The summed E-state index contributed by atoms with van der Waals surface area (Å²) in [4.78, 5) is 13.8. The van der Waals surface area contributed by atoms with Crippen molar-refractivity contribution in [3.8, 4) is 0 Å². The Morgan fingerprint density at radius 2 is 1.93 bits per heavy atom. The highest BCUT2D eigenvalue weighted by Crippen LogP contribution is 2.15. The summed E-state index contributed by atoms with van der Waals surface area (Å²) in [6.07, 6.45) is 3.15. The fraction of sp³-hybridized carbons (Fsp3) is 0.727. The van der Waals surface area contributed by atoms with Crippen LogP contribution in [0.15, 0.2) is 23.3 Å². The molecule has 0 amide bonds. The smallest absolute Gasteiger partial charge is 0.191 e. The van der Waals surface area contributed by atoms with Crippen LogP contribution in [0.1, 0.15) is 39.7 Å². The fourth-order valence-electron chi connectivity index (χ4n) is 3.60. The number of hydrogen-bond donors (Lipinski definition) is 2. The quantitative estimate of drug-likeness (QED) is 0.275. The lowest BCUT2D eigenvalue weighted by atomic mass is 10.0. The summed E-state index contributed by atoms with van der Waals surface area (Å²) >= 11 is 0. The molecule has 0 saturated carbocycles. The maximum Gasteiger partial charge on any atom is 0.191 e. The van der Waals surface area contributed by atoms with E-state index in [0.717, 1.165) is 70.6 Å². The number of rotatable bonds is 10. The van der Waals surface area contributed by atoms with Crippen LogP contribution in [0.2, 0.25) is 0 Å². The molecule has 8 heteroatoms. The normalized spacial score (nSPS) is 16.3. The van der Waals surface area contributed by atoms with Gasteiger partial charge in [0.25, 0.3) is 0 Å². The Balaban J connectivity index is 0.00000450. The van der Waals surface area contributed by atoms with Gasteiger partial charge in [0.1, 0.15) is 5.82 Å². The third kappa shape index (κ3) is 8.93. The third-order valence-electron chi connectivity index (χ3n) is 5.48. The lowest BCUT2D eigenvalue weighted by Gasteiger charge is -2.34. The molecule has 0 aromatic carbocycles. The number of guanidine groups is 1. The average molecular weight is 533 g/mol. The minimum atomic E-state index is 0. The fourth-order valence-corrected chi connectivity index (χ4v) is 3.60. The number of halogens is 1. The first kappa shape index (κ1) is 26.9.